The Morgan fingerprint density at radius 1 is 0.371 bits per heavy atom. The van der Waals surface area contributed by atoms with E-state index >= 15 is 0 Å². The summed E-state index contributed by atoms with van der Waals surface area (Å²) in [5.74, 6) is -14.0. The van der Waals surface area contributed by atoms with Gasteiger partial charge in [-0.2, -0.15) is 11.8 Å². The standard InChI is InChI=1S/C65H107NO37.C26H49N3O7S/c1-10-34(71)66-14-12-11-13-15-89-59-22(3)39(76)48(52(100-59)56(83)84)97-60-23(4)36(73)45(32(19-69)91-60)95-64-27(8)41(78)50(54(102-64)58(87)88)99-62-25(6)38(75)46(33(20-70)93-62)96-65-28(9)42(79)49(53(103-65)57(85)86)98-61-24(5)37(74)44(31(18-68)92-61)94-63-26(7)40(77)47(51(101-63)55(81)82)90-30-16-29(17-67)43(80)35(72)21(30)2;1-3-31-11-12-33-15-16-35-19-20-36-18-17-34-14-13-32-10-6-9-27-25(30)8-5-4-7-24-26-23(21-37-24)28-22(2)29-26/h21-33,35-54,59-65,67-70,72-80H,10-20H2,1-9H3,(H,66,71)(H,81,82)(H,83,84)(H,85,86)(H,87,88);23-24,26,28-29H,2-21H2,1H3,(H,27,30)/t;23-,24-,26-/m.0/s1. The lowest BCUT2D eigenvalue weighted by Crippen LogP contribution is -2.65. The van der Waals surface area contributed by atoms with Gasteiger partial charge >= 0.3 is 23.9 Å². The number of rotatable bonds is 55. The van der Waals surface area contributed by atoms with Gasteiger partial charge in [-0.25, -0.2) is 19.2 Å². The van der Waals surface area contributed by atoms with Crippen LogP contribution in [-0.4, -0.2) is 462 Å². The minimum atomic E-state index is -2.10. The lowest BCUT2D eigenvalue weighted by molar-refractivity contribution is -0.380. The van der Waals surface area contributed by atoms with Crippen LogP contribution in [0.15, 0.2) is 12.4 Å². The van der Waals surface area contributed by atoms with Crippen molar-refractivity contribution in [1.82, 2.24) is 21.3 Å². The zero-order valence-electron chi connectivity index (χ0n) is 81.3. The highest BCUT2D eigenvalue weighted by Crippen LogP contribution is 2.45. The third-order valence-electron chi connectivity index (χ3n) is 27.6. The molecule has 810 valence electrons. The SMILES string of the molecule is C=C1N[C@H]2[C@H](CS[C@H]2CCCCC(=O)NCCCOCCOCCOCCOCCOCCOCC)N1.CCC(=O)NCCCCCOC1OC(C(=O)O)C(OC2OC(CO)C(OC3OC(C(=O)O)C(OC4OC(CO)C(OC5OC(C(=O)O)C(OC6OC(CO)C(OC7OC(C(=O)O)C(OC8CC(CO)C(O)C(O)C8C)C(O)C7C)C(O)C6C)C(O)C5C)C(O)C4C)C(O)C3C)C(O)C2C)C(O)C1C. The molecule has 0 radical (unpaired) electrons. The average molecular weight is 2040 g/mol. The van der Waals surface area contributed by atoms with E-state index in [4.69, 9.17) is 99.5 Å². The van der Waals surface area contributed by atoms with Gasteiger partial charge in [0.25, 0.3) is 0 Å². The van der Waals surface area contributed by atoms with Crippen LogP contribution in [0, 0.1) is 53.3 Å². The molecule has 49 heteroatoms. The number of carboxylic acids is 4. The van der Waals surface area contributed by atoms with E-state index in [2.05, 4.69) is 27.8 Å². The molecule has 21 N–H and O–H groups in total. The largest absolute Gasteiger partial charge is 0.479 e. The highest BCUT2D eigenvalue weighted by Gasteiger charge is 2.61. The van der Waals surface area contributed by atoms with Crippen LogP contribution >= 0.6 is 11.8 Å². The Morgan fingerprint density at radius 2 is 0.721 bits per heavy atom. The van der Waals surface area contributed by atoms with Gasteiger partial charge in [0, 0.05) is 117 Å². The van der Waals surface area contributed by atoms with Gasteiger partial charge in [0.15, 0.2) is 68.4 Å². The zero-order chi connectivity index (χ0) is 102. The number of thioether (sulfide) groups is 1. The minimum absolute atomic E-state index is 0.00335. The van der Waals surface area contributed by atoms with Crippen molar-refractivity contribution in [3.05, 3.63) is 12.4 Å². The van der Waals surface area contributed by atoms with Gasteiger partial charge < -0.3 is 208 Å². The van der Waals surface area contributed by atoms with Gasteiger partial charge in [-0.15, -0.1) is 0 Å². The van der Waals surface area contributed by atoms with Gasteiger partial charge in [-0.3, -0.25) is 9.59 Å². The number of aliphatic carboxylic acids is 4. The summed E-state index contributed by atoms with van der Waals surface area (Å²) in [7, 11) is 0. The molecule has 1 aliphatic carbocycles. The first kappa shape index (κ1) is 119. The van der Waals surface area contributed by atoms with Crippen molar-refractivity contribution >= 4 is 47.5 Å². The fraction of sp³-hybridized carbons (Fsp3) is 0.912. The lowest BCUT2D eigenvalue weighted by atomic mass is 9.76. The molecule has 9 aliphatic heterocycles. The summed E-state index contributed by atoms with van der Waals surface area (Å²) in [6.07, 6.45) is -43.6. The maximum absolute atomic E-state index is 13.0. The molecule has 10 aliphatic rings. The molecule has 10 rings (SSSR count). The van der Waals surface area contributed by atoms with E-state index in [9.17, 15) is 116 Å². The van der Waals surface area contributed by atoms with E-state index < -0.39 is 294 Å². The molecular weight excluding hydrogens is 1890 g/mol. The molecule has 40 unspecified atom stereocenters. The number of carbonyl (C=O) groups is 6. The number of unbranched alkanes of at least 4 members (excludes halogenated alkanes) is 3. The molecule has 0 spiro atoms. The van der Waals surface area contributed by atoms with E-state index in [1.54, 1.807) is 20.8 Å². The number of hydrogen-bond acceptors (Lipinski definition) is 43. The molecule has 2 amide bonds. The van der Waals surface area contributed by atoms with E-state index in [1.807, 2.05) is 18.7 Å². The first-order valence-corrected chi connectivity index (χ1v) is 50.0. The van der Waals surface area contributed by atoms with Crippen molar-refractivity contribution in [1.29, 1.82) is 0 Å². The molecule has 43 atom stereocenters. The second kappa shape index (κ2) is 58.8. The molecule has 0 aromatic rings. The third kappa shape index (κ3) is 32.1. The Kier molecular flexibility index (Phi) is 49.8. The van der Waals surface area contributed by atoms with Crippen LogP contribution in [0.4, 0.5) is 0 Å². The van der Waals surface area contributed by atoms with Crippen LogP contribution in [0.3, 0.4) is 0 Å². The molecule has 1 saturated carbocycles. The van der Waals surface area contributed by atoms with Crippen molar-refractivity contribution in [3.63, 3.8) is 0 Å². The summed E-state index contributed by atoms with van der Waals surface area (Å²) in [5.41, 5.74) is 0. The Labute approximate surface area is 818 Å². The Balaban J connectivity index is 0.000000495. The normalized spacial score (nSPS) is 40.5. The van der Waals surface area contributed by atoms with Crippen molar-refractivity contribution in [2.24, 2.45) is 53.3 Å². The third-order valence-corrected chi connectivity index (χ3v) is 29.1. The maximum Gasteiger partial charge on any atom is 0.335 e. The van der Waals surface area contributed by atoms with Crippen LogP contribution in [0.2, 0.25) is 0 Å². The van der Waals surface area contributed by atoms with Gasteiger partial charge in [0.1, 0.15) is 61.0 Å². The van der Waals surface area contributed by atoms with Gasteiger partial charge in [-0.1, -0.05) is 75.3 Å². The number of aliphatic hydroxyl groups excluding tert-OH is 13. The van der Waals surface area contributed by atoms with Crippen LogP contribution in [0.25, 0.3) is 0 Å². The molecule has 9 saturated heterocycles. The molecule has 0 aromatic heterocycles. The van der Waals surface area contributed by atoms with Crippen LogP contribution in [0.1, 0.15) is 133 Å². The topological polar surface area (TPSA) is 688 Å². The summed E-state index contributed by atoms with van der Waals surface area (Å²) in [6.45, 7) is 24.0. The van der Waals surface area contributed by atoms with Crippen molar-refractivity contribution in [2.45, 2.75) is 341 Å². The Bertz CT molecular complexity index is 3670. The number of amides is 2. The van der Waals surface area contributed by atoms with Crippen molar-refractivity contribution in [2.75, 3.05) is 131 Å². The van der Waals surface area contributed by atoms with E-state index in [0.717, 1.165) is 37.3 Å². The molecule has 9 heterocycles. The molecule has 48 nitrogen and oxygen atoms in total. The van der Waals surface area contributed by atoms with Crippen LogP contribution in [0.5, 0.6) is 0 Å². The molecule has 140 heavy (non-hydrogen) atoms. The number of fused-ring (bicyclic) bond motifs is 1. The summed E-state index contributed by atoms with van der Waals surface area (Å²) in [5, 5.41) is 200. The summed E-state index contributed by atoms with van der Waals surface area (Å²) >= 11 is 2.02. The number of hydrogen-bond donors (Lipinski definition) is 21. The van der Waals surface area contributed by atoms with Crippen molar-refractivity contribution < 1.29 is 215 Å². The van der Waals surface area contributed by atoms with E-state index in [1.165, 1.54) is 41.5 Å². The highest BCUT2D eigenvalue weighted by molar-refractivity contribution is 8.00. The smallest absolute Gasteiger partial charge is 0.335 e. The first-order chi connectivity index (χ1) is 66.9. The number of ether oxygens (including phenoxy) is 21. The first-order valence-electron chi connectivity index (χ1n) is 49.0. The summed E-state index contributed by atoms with van der Waals surface area (Å²) < 4.78 is 122. The van der Waals surface area contributed by atoms with Crippen molar-refractivity contribution in [3.8, 4) is 0 Å². The number of carboxylic acid groups (broad SMARTS) is 4. The summed E-state index contributed by atoms with van der Waals surface area (Å²) in [6, 6.07) is 1.000. The van der Waals surface area contributed by atoms with E-state index in [0.29, 0.717) is 142 Å². The Morgan fingerprint density at radius 3 is 1.11 bits per heavy atom. The highest BCUT2D eigenvalue weighted by atomic mass is 32.2. The fourth-order valence-electron chi connectivity index (χ4n) is 18.6. The number of aliphatic hydroxyl groups is 13. The minimum Gasteiger partial charge on any atom is -0.479 e. The predicted molar refractivity (Wildman–Crippen MR) is 482 cm³/mol. The quantitative estimate of drug-likeness (QED) is 0.0260. The average Bonchev–Trinajstić information content (AvgIpc) is 1.08. The lowest BCUT2D eigenvalue weighted by Gasteiger charge is -2.50. The van der Waals surface area contributed by atoms with Crippen LogP contribution in [-0.2, 0) is 128 Å². The van der Waals surface area contributed by atoms with Gasteiger partial charge in [-0.05, 0) is 51.9 Å². The molecular formula is C91H156N4O44S. The maximum atomic E-state index is 13.0. The van der Waals surface area contributed by atoms with E-state index in [-0.39, 0.29) is 24.8 Å². The molecule has 0 bridgehead atoms. The summed E-state index contributed by atoms with van der Waals surface area (Å²) in [4.78, 5) is 74.8. The van der Waals surface area contributed by atoms with Gasteiger partial charge in [0.2, 0.25) is 11.8 Å². The Hall–Kier alpha value is -4.85. The monoisotopic (exact) mass is 2040 g/mol. The number of carbonyl (C=O) groups excluding carboxylic acids is 2. The molecule has 10 fully saturated rings. The predicted octanol–water partition coefficient (Wildman–Crippen LogP) is -3.81. The second-order valence-electron chi connectivity index (χ2n) is 37.6. The molecule has 0 aromatic carbocycles. The second-order valence-corrected chi connectivity index (χ2v) is 38.8. The number of nitrogens with one attached hydrogen (secondary N) is 4. The zero-order valence-corrected chi connectivity index (χ0v) is 82.1. The van der Waals surface area contributed by atoms with Crippen LogP contribution < -0.4 is 21.3 Å². The van der Waals surface area contributed by atoms with Gasteiger partial charge in [0.05, 0.1) is 165 Å². The fourth-order valence-corrected chi connectivity index (χ4v) is 20.1.